The van der Waals surface area contributed by atoms with Crippen LogP contribution in [-0.4, -0.2) is 40.9 Å². The van der Waals surface area contributed by atoms with Gasteiger partial charge in [-0.1, -0.05) is 29.8 Å². The van der Waals surface area contributed by atoms with Gasteiger partial charge in [-0.05, 0) is 38.5 Å². The molecular weight excluding hydrogens is 306 g/mol. The average Bonchev–Trinajstić information content (AvgIpc) is 2.62. The number of hydrogen-bond acceptors (Lipinski definition) is 2. The van der Waals surface area contributed by atoms with E-state index >= 15 is 0 Å². The summed E-state index contributed by atoms with van der Waals surface area (Å²) in [6, 6.07) is 0. The lowest BCUT2D eigenvalue weighted by Gasteiger charge is -2.35. The fraction of sp³-hybridized carbons (Fsp3) is 0.933. The summed E-state index contributed by atoms with van der Waals surface area (Å²) in [5.41, 5.74) is 0. The number of carbonyl (C=O) groups is 1. The molecule has 2 rings (SSSR count). The Labute approximate surface area is 125 Å². The Morgan fingerprint density at radius 1 is 1.21 bits per heavy atom. The van der Waals surface area contributed by atoms with Crippen LogP contribution in [-0.2, 0) is 9.53 Å². The molecule has 5 atom stereocenters. The molecule has 5 unspecified atom stereocenters. The van der Waals surface area contributed by atoms with E-state index in [-0.39, 0.29) is 18.1 Å². The number of piperidine rings is 1. The summed E-state index contributed by atoms with van der Waals surface area (Å²) < 4.78 is 5.80. The molecule has 4 heteroatoms. The zero-order chi connectivity index (χ0) is 14.2. The van der Waals surface area contributed by atoms with Crippen LogP contribution in [0.15, 0.2) is 0 Å². The Hall–Kier alpha value is -0.0900. The van der Waals surface area contributed by atoms with E-state index in [9.17, 15) is 4.79 Å². The van der Waals surface area contributed by atoms with Crippen LogP contribution in [0.4, 0.5) is 0 Å². The number of amides is 1. The Balaban J connectivity index is 1.94. The van der Waals surface area contributed by atoms with Crippen molar-refractivity contribution in [3.05, 3.63) is 0 Å². The molecule has 0 aromatic rings. The van der Waals surface area contributed by atoms with Crippen LogP contribution in [0.5, 0.6) is 0 Å². The number of likely N-dealkylation sites (tertiary alicyclic amines) is 1. The number of hydrogen-bond donors (Lipinski definition) is 0. The fourth-order valence-electron chi connectivity index (χ4n) is 3.48. The van der Waals surface area contributed by atoms with Gasteiger partial charge in [-0.25, -0.2) is 0 Å². The van der Waals surface area contributed by atoms with E-state index in [2.05, 4.69) is 41.6 Å². The minimum absolute atomic E-state index is 0.0490. The van der Waals surface area contributed by atoms with Crippen molar-refractivity contribution in [2.75, 3.05) is 13.1 Å². The van der Waals surface area contributed by atoms with Crippen LogP contribution < -0.4 is 0 Å². The van der Waals surface area contributed by atoms with Gasteiger partial charge in [0.1, 0.15) is 0 Å². The zero-order valence-electron chi connectivity index (χ0n) is 12.4. The molecule has 0 saturated carbocycles. The predicted octanol–water partition coefficient (Wildman–Crippen LogP) is 3.07. The van der Waals surface area contributed by atoms with Crippen LogP contribution in [0.3, 0.4) is 0 Å². The summed E-state index contributed by atoms with van der Waals surface area (Å²) in [5, 5.41) is 0. The zero-order valence-corrected chi connectivity index (χ0v) is 14.0. The maximum Gasteiger partial charge on any atom is 0.228 e. The molecule has 2 fully saturated rings. The first-order chi connectivity index (χ1) is 8.91. The predicted molar refractivity (Wildman–Crippen MR) is 80.4 cm³/mol. The minimum Gasteiger partial charge on any atom is -0.374 e. The van der Waals surface area contributed by atoms with Crippen molar-refractivity contribution in [3.8, 4) is 0 Å². The van der Waals surface area contributed by atoms with E-state index in [4.69, 9.17) is 4.74 Å². The van der Waals surface area contributed by atoms with Crippen molar-refractivity contribution in [3.63, 3.8) is 0 Å². The van der Waals surface area contributed by atoms with Gasteiger partial charge >= 0.3 is 0 Å². The maximum absolute atomic E-state index is 12.7. The normalized spacial score (nSPS) is 38.5. The van der Waals surface area contributed by atoms with Crippen molar-refractivity contribution >= 4 is 21.8 Å². The Morgan fingerprint density at radius 2 is 1.79 bits per heavy atom. The molecule has 0 spiro atoms. The molecule has 19 heavy (non-hydrogen) atoms. The van der Waals surface area contributed by atoms with E-state index in [0.717, 1.165) is 25.9 Å². The van der Waals surface area contributed by atoms with Gasteiger partial charge in [0.15, 0.2) is 0 Å². The Kier molecular flexibility index (Phi) is 4.93. The van der Waals surface area contributed by atoms with Gasteiger partial charge < -0.3 is 9.64 Å². The van der Waals surface area contributed by atoms with Gasteiger partial charge in [0.2, 0.25) is 5.91 Å². The van der Waals surface area contributed by atoms with Crippen molar-refractivity contribution in [1.29, 1.82) is 0 Å². The second kappa shape index (κ2) is 6.13. The third-order valence-corrected chi connectivity index (χ3v) is 5.78. The number of rotatable bonds is 2. The molecule has 0 aromatic heterocycles. The SMILES string of the molecule is CC(Br)C1CCN(C(=O)C2C(C)OC(C)C2C)CC1. The van der Waals surface area contributed by atoms with E-state index in [0.29, 0.717) is 22.6 Å². The first-order valence-corrected chi connectivity index (χ1v) is 8.41. The van der Waals surface area contributed by atoms with Crippen LogP contribution in [0.1, 0.15) is 40.5 Å². The molecule has 2 aliphatic heterocycles. The number of halogens is 1. The quantitative estimate of drug-likeness (QED) is 0.728. The van der Waals surface area contributed by atoms with Gasteiger partial charge in [0.25, 0.3) is 0 Å². The Morgan fingerprint density at radius 3 is 2.21 bits per heavy atom. The molecule has 110 valence electrons. The number of alkyl halides is 1. The molecule has 0 bridgehead atoms. The molecule has 2 saturated heterocycles. The lowest BCUT2D eigenvalue weighted by atomic mass is 9.87. The van der Waals surface area contributed by atoms with Crippen LogP contribution in [0.2, 0.25) is 0 Å². The summed E-state index contributed by atoms with van der Waals surface area (Å²) >= 11 is 3.66. The van der Waals surface area contributed by atoms with Gasteiger partial charge in [-0.15, -0.1) is 0 Å². The topological polar surface area (TPSA) is 29.5 Å². The third kappa shape index (κ3) is 3.15. The van der Waals surface area contributed by atoms with Crippen LogP contribution in [0.25, 0.3) is 0 Å². The van der Waals surface area contributed by atoms with E-state index in [1.807, 2.05) is 6.92 Å². The van der Waals surface area contributed by atoms with E-state index in [1.54, 1.807) is 0 Å². The molecular formula is C15H26BrNO2. The minimum atomic E-state index is 0.0490. The van der Waals surface area contributed by atoms with Crippen LogP contribution >= 0.6 is 15.9 Å². The molecule has 1 amide bonds. The maximum atomic E-state index is 12.7. The fourth-order valence-corrected chi connectivity index (χ4v) is 4.01. The second-order valence-corrected chi connectivity index (χ2v) is 7.72. The van der Waals surface area contributed by atoms with Crippen molar-refractivity contribution in [2.24, 2.45) is 17.8 Å². The number of ether oxygens (including phenoxy) is 1. The largest absolute Gasteiger partial charge is 0.374 e. The van der Waals surface area contributed by atoms with Crippen molar-refractivity contribution in [1.82, 2.24) is 4.90 Å². The highest BCUT2D eigenvalue weighted by molar-refractivity contribution is 9.09. The van der Waals surface area contributed by atoms with Gasteiger partial charge in [-0.3, -0.25) is 4.79 Å². The second-order valence-electron chi connectivity index (χ2n) is 6.27. The molecule has 2 aliphatic rings. The number of nitrogens with zero attached hydrogens (tertiary/aromatic N) is 1. The summed E-state index contributed by atoms with van der Waals surface area (Å²) in [4.78, 5) is 15.3. The Bertz CT molecular complexity index is 326. The molecule has 3 nitrogen and oxygen atoms in total. The molecule has 0 N–H and O–H groups in total. The summed E-state index contributed by atoms with van der Waals surface area (Å²) in [7, 11) is 0. The first kappa shape index (κ1) is 15.3. The first-order valence-electron chi connectivity index (χ1n) is 7.50. The van der Waals surface area contributed by atoms with E-state index < -0.39 is 0 Å². The monoisotopic (exact) mass is 331 g/mol. The lowest BCUT2D eigenvalue weighted by molar-refractivity contribution is -0.139. The highest BCUT2D eigenvalue weighted by atomic mass is 79.9. The highest BCUT2D eigenvalue weighted by Crippen LogP contribution is 2.35. The van der Waals surface area contributed by atoms with Gasteiger partial charge in [0, 0.05) is 17.9 Å². The molecule has 0 radical (unpaired) electrons. The summed E-state index contributed by atoms with van der Waals surface area (Å²) in [6.07, 6.45) is 2.49. The summed E-state index contributed by atoms with van der Waals surface area (Å²) in [5.74, 6) is 1.39. The smallest absolute Gasteiger partial charge is 0.228 e. The van der Waals surface area contributed by atoms with Gasteiger partial charge in [0.05, 0.1) is 18.1 Å². The van der Waals surface area contributed by atoms with Crippen LogP contribution in [0, 0.1) is 17.8 Å². The number of carbonyl (C=O) groups excluding carboxylic acids is 1. The third-order valence-electron chi connectivity index (χ3n) is 5.03. The molecule has 0 aliphatic carbocycles. The standard InChI is InChI=1S/C15H26BrNO2/c1-9-11(3)19-12(4)14(9)15(18)17-7-5-13(6-8-17)10(2)16/h9-14H,5-8H2,1-4H3. The molecule has 2 heterocycles. The summed E-state index contributed by atoms with van der Waals surface area (Å²) in [6.45, 7) is 10.3. The van der Waals surface area contributed by atoms with E-state index in [1.165, 1.54) is 0 Å². The van der Waals surface area contributed by atoms with Crippen molar-refractivity contribution in [2.45, 2.75) is 57.6 Å². The lowest BCUT2D eigenvalue weighted by Crippen LogP contribution is -2.45. The average molecular weight is 332 g/mol. The van der Waals surface area contributed by atoms with Gasteiger partial charge in [-0.2, -0.15) is 0 Å². The molecule has 0 aromatic carbocycles. The van der Waals surface area contributed by atoms with Crippen molar-refractivity contribution < 1.29 is 9.53 Å². The highest BCUT2D eigenvalue weighted by Gasteiger charge is 2.43.